The lowest BCUT2D eigenvalue weighted by molar-refractivity contribution is -0.278. The number of carbonyl (C=O) groups excluding carboxylic acids is 1. The monoisotopic (exact) mass is 400 g/mol. The molecular formula is C23H28O4S. The Morgan fingerprint density at radius 2 is 2.00 bits per heavy atom. The van der Waals surface area contributed by atoms with Gasteiger partial charge in [0.25, 0.3) is 5.79 Å². The Bertz CT molecular complexity index is 902. The summed E-state index contributed by atoms with van der Waals surface area (Å²) in [5, 5.41) is 10.5. The van der Waals surface area contributed by atoms with Gasteiger partial charge in [-0.3, -0.25) is 4.79 Å². The zero-order chi connectivity index (χ0) is 20.1. The second kappa shape index (κ2) is 7.38. The van der Waals surface area contributed by atoms with Crippen LogP contribution in [-0.4, -0.2) is 23.1 Å². The lowest BCUT2D eigenvalue weighted by atomic mass is 9.84. The molecule has 4 nitrogen and oxygen atoms in total. The highest BCUT2D eigenvalue weighted by molar-refractivity contribution is 7.12. The smallest absolute Gasteiger partial charge is 0.260 e. The van der Waals surface area contributed by atoms with Gasteiger partial charge in [-0.1, -0.05) is 26.3 Å². The van der Waals surface area contributed by atoms with Gasteiger partial charge in [0.1, 0.15) is 6.10 Å². The maximum absolute atomic E-state index is 13.0. The molecule has 1 aromatic carbocycles. The molecule has 150 valence electrons. The zero-order valence-electron chi connectivity index (χ0n) is 17.0. The third kappa shape index (κ3) is 3.14. The third-order valence-electron chi connectivity index (χ3n) is 6.11. The molecule has 4 atom stereocenters. The van der Waals surface area contributed by atoms with Crippen molar-refractivity contribution in [1.29, 1.82) is 0 Å². The molecule has 0 aliphatic carbocycles. The van der Waals surface area contributed by atoms with Gasteiger partial charge < -0.3 is 14.6 Å². The summed E-state index contributed by atoms with van der Waals surface area (Å²) in [6.07, 6.45) is 1.74. The summed E-state index contributed by atoms with van der Waals surface area (Å²) in [5.41, 5.74) is 4.10. The van der Waals surface area contributed by atoms with Crippen molar-refractivity contribution in [1.82, 2.24) is 0 Å². The van der Waals surface area contributed by atoms with Crippen LogP contribution in [0, 0.1) is 12.8 Å². The molecule has 1 saturated heterocycles. The van der Waals surface area contributed by atoms with E-state index in [4.69, 9.17) is 9.47 Å². The van der Waals surface area contributed by atoms with E-state index in [9.17, 15) is 9.90 Å². The van der Waals surface area contributed by atoms with Gasteiger partial charge in [-0.15, -0.1) is 11.3 Å². The minimum atomic E-state index is -1.47. The lowest BCUT2D eigenvalue weighted by Gasteiger charge is -2.41. The van der Waals surface area contributed by atoms with Crippen LogP contribution in [0.2, 0.25) is 0 Å². The molecular weight excluding hydrogens is 372 g/mol. The van der Waals surface area contributed by atoms with E-state index in [0.29, 0.717) is 6.61 Å². The van der Waals surface area contributed by atoms with Crippen LogP contribution in [0.25, 0.3) is 0 Å². The summed E-state index contributed by atoms with van der Waals surface area (Å²) in [6, 6.07) is 8.57. The minimum absolute atomic E-state index is 0.251. The maximum atomic E-state index is 13.0. The van der Waals surface area contributed by atoms with Crippen LogP contribution in [0.5, 0.6) is 0 Å². The Balaban J connectivity index is 1.70. The molecule has 1 N–H and O–H groups in total. The number of thiophene rings is 1. The Hall–Kier alpha value is -1.53. The van der Waals surface area contributed by atoms with E-state index in [1.54, 1.807) is 0 Å². The number of hydrogen-bond donors (Lipinski definition) is 1. The number of ketones is 1. The average molecular weight is 401 g/mol. The van der Waals surface area contributed by atoms with Gasteiger partial charge in [-0.25, -0.2) is 0 Å². The molecule has 2 aliphatic heterocycles. The van der Waals surface area contributed by atoms with Crippen molar-refractivity contribution in [3.05, 3.63) is 56.3 Å². The highest BCUT2D eigenvalue weighted by Gasteiger charge is 2.56. The molecule has 0 saturated carbocycles. The first-order chi connectivity index (χ1) is 13.4. The first-order valence-corrected chi connectivity index (χ1v) is 10.9. The predicted octanol–water partition coefficient (Wildman–Crippen LogP) is 4.27. The number of fused-ring (bicyclic) bond motifs is 2. The van der Waals surface area contributed by atoms with E-state index in [-0.39, 0.29) is 17.8 Å². The molecule has 0 amide bonds. The quantitative estimate of drug-likeness (QED) is 0.833. The molecule has 28 heavy (non-hydrogen) atoms. The fraction of sp³-hybridized carbons (Fsp3) is 0.522. The number of benzene rings is 1. The number of ether oxygens (including phenoxy) is 2. The van der Waals surface area contributed by atoms with Crippen molar-refractivity contribution < 1.29 is 19.4 Å². The van der Waals surface area contributed by atoms with Crippen LogP contribution in [0.15, 0.2) is 24.3 Å². The van der Waals surface area contributed by atoms with Crippen molar-refractivity contribution in [3.8, 4) is 0 Å². The van der Waals surface area contributed by atoms with Gasteiger partial charge in [-0.05, 0) is 55.2 Å². The molecule has 0 radical (unpaired) electrons. The van der Waals surface area contributed by atoms with E-state index in [2.05, 4.69) is 38.1 Å². The van der Waals surface area contributed by atoms with Crippen molar-refractivity contribution in [2.75, 3.05) is 0 Å². The van der Waals surface area contributed by atoms with Gasteiger partial charge in [0.2, 0.25) is 5.78 Å². The second-order valence-corrected chi connectivity index (χ2v) is 9.38. The SMILES string of the molecule is CCCc1ccc(Cc2cc3c(cc2C)CO[C@]32O[C@H](C)C(C)[C@H](O)C2=O)s1. The number of aryl methyl sites for hydroxylation is 2. The molecule has 1 fully saturated rings. The average Bonchev–Trinajstić information content (AvgIpc) is 3.25. The van der Waals surface area contributed by atoms with Crippen LogP contribution in [0.1, 0.15) is 59.2 Å². The molecule has 2 aromatic rings. The second-order valence-electron chi connectivity index (χ2n) is 8.13. The first kappa shape index (κ1) is 19.8. The molecule has 4 rings (SSSR count). The Morgan fingerprint density at radius 1 is 1.25 bits per heavy atom. The molecule has 1 unspecified atom stereocenters. The fourth-order valence-electron chi connectivity index (χ4n) is 4.19. The summed E-state index contributed by atoms with van der Waals surface area (Å²) in [6.45, 7) is 8.35. The maximum Gasteiger partial charge on any atom is 0.260 e. The Labute approximate surface area is 170 Å². The van der Waals surface area contributed by atoms with Gasteiger partial charge in [0, 0.05) is 27.7 Å². The van der Waals surface area contributed by atoms with Crippen LogP contribution >= 0.6 is 11.3 Å². The van der Waals surface area contributed by atoms with Crippen molar-refractivity contribution in [2.24, 2.45) is 5.92 Å². The van der Waals surface area contributed by atoms with E-state index >= 15 is 0 Å². The van der Waals surface area contributed by atoms with E-state index in [1.165, 1.54) is 20.9 Å². The molecule has 0 bridgehead atoms. The highest BCUT2D eigenvalue weighted by atomic mass is 32.1. The van der Waals surface area contributed by atoms with Crippen molar-refractivity contribution >= 4 is 17.1 Å². The molecule has 1 aromatic heterocycles. The number of Topliss-reactive ketones (excluding diaryl/α,β-unsaturated/α-hetero) is 1. The lowest BCUT2D eigenvalue weighted by Crippen LogP contribution is -2.56. The van der Waals surface area contributed by atoms with E-state index in [1.807, 2.05) is 25.2 Å². The van der Waals surface area contributed by atoms with E-state index in [0.717, 1.165) is 30.4 Å². The van der Waals surface area contributed by atoms with Crippen LogP contribution in [0.4, 0.5) is 0 Å². The Kier molecular flexibility index (Phi) is 5.21. The van der Waals surface area contributed by atoms with Gasteiger partial charge in [0.15, 0.2) is 0 Å². The van der Waals surface area contributed by atoms with Crippen molar-refractivity contribution in [3.63, 3.8) is 0 Å². The number of aliphatic hydroxyl groups is 1. The zero-order valence-corrected chi connectivity index (χ0v) is 17.8. The number of rotatable bonds is 4. The normalized spacial score (nSPS) is 29.5. The highest BCUT2D eigenvalue weighted by Crippen LogP contribution is 2.45. The standard InChI is InChI=1S/C23H28O4S/c1-5-6-18-7-8-19(28-18)10-16-11-20-17(9-13(16)2)12-26-23(20)22(25)21(24)14(3)15(4)27-23/h7-9,11,14-15,21,24H,5-6,10,12H2,1-4H3/t14?,15-,21+,23+/m1/s1. The first-order valence-electron chi connectivity index (χ1n) is 10.1. The molecule has 2 aliphatic rings. The van der Waals surface area contributed by atoms with Crippen LogP contribution < -0.4 is 0 Å². The number of hydrogen-bond acceptors (Lipinski definition) is 5. The summed E-state index contributed by atoms with van der Waals surface area (Å²) >= 11 is 1.85. The third-order valence-corrected chi connectivity index (χ3v) is 7.25. The van der Waals surface area contributed by atoms with Gasteiger partial charge >= 0.3 is 0 Å². The van der Waals surface area contributed by atoms with Gasteiger partial charge in [0.05, 0.1) is 12.7 Å². The van der Waals surface area contributed by atoms with E-state index < -0.39 is 11.9 Å². The predicted molar refractivity (Wildman–Crippen MR) is 109 cm³/mol. The fourth-order valence-corrected chi connectivity index (χ4v) is 5.33. The van der Waals surface area contributed by atoms with Gasteiger partial charge in [-0.2, -0.15) is 0 Å². The topological polar surface area (TPSA) is 55.8 Å². The Morgan fingerprint density at radius 3 is 2.75 bits per heavy atom. The molecule has 5 heteroatoms. The number of carbonyl (C=O) groups is 1. The van der Waals surface area contributed by atoms with Crippen LogP contribution in [-0.2, 0) is 39.5 Å². The molecule has 1 spiro atoms. The van der Waals surface area contributed by atoms with Crippen molar-refractivity contribution in [2.45, 2.75) is 71.6 Å². The number of aliphatic hydroxyl groups excluding tert-OH is 1. The summed E-state index contributed by atoms with van der Waals surface area (Å²) in [4.78, 5) is 15.7. The summed E-state index contributed by atoms with van der Waals surface area (Å²) in [7, 11) is 0. The minimum Gasteiger partial charge on any atom is -0.385 e. The largest absolute Gasteiger partial charge is 0.385 e. The summed E-state index contributed by atoms with van der Waals surface area (Å²) < 4.78 is 12.0. The summed E-state index contributed by atoms with van der Waals surface area (Å²) in [5.74, 6) is -2.10. The van der Waals surface area contributed by atoms with Crippen LogP contribution in [0.3, 0.4) is 0 Å². The molecule has 3 heterocycles.